The van der Waals surface area contributed by atoms with Gasteiger partial charge in [-0.05, 0) is 25.0 Å². The predicted octanol–water partition coefficient (Wildman–Crippen LogP) is 1.89. The number of H-pyrrole nitrogens is 1. The lowest BCUT2D eigenvalue weighted by atomic mass is 10.1. The fraction of sp³-hybridized carbons (Fsp3) is 0.444. The van der Waals surface area contributed by atoms with Gasteiger partial charge in [-0.1, -0.05) is 18.2 Å². The Hall–Kier alpha value is -2.34. The summed E-state index contributed by atoms with van der Waals surface area (Å²) in [4.78, 5) is 28.8. The van der Waals surface area contributed by atoms with Gasteiger partial charge in [0.15, 0.2) is 6.61 Å². The molecule has 1 aliphatic rings. The topological polar surface area (TPSA) is 71.6 Å². The van der Waals surface area contributed by atoms with Crippen LogP contribution in [0.25, 0.3) is 10.9 Å². The van der Waals surface area contributed by atoms with Gasteiger partial charge in [-0.15, -0.1) is 0 Å². The second-order valence-corrected chi connectivity index (χ2v) is 6.04. The highest BCUT2D eigenvalue weighted by Gasteiger charge is 2.22. The molecule has 0 bridgehead atoms. The van der Waals surface area contributed by atoms with Crippen LogP contribution in [0, 0.1) is 0 Å². The molecule has 1 saturated heterocycles. The fourth-order valence-electron chi connectivity index (χ4n) is 2.93. The molecule has 1 N–H and O–H groups in total. The van der Waals surface area contributed by atoms with Gasteiger partial charge in [-0.25, -0.2) is 0 Å². The van der Waals surface area contributed by atoms with E-state index in [0.717, 1.165) is 16.5 Å². The molecule has 2 heterocycles. The molecule has 0 saturated carbocycles. The highest BCUT2D eigenvalue weighted by atomic mass is 16.5. The van der Waals surface area contributed by atoms with Gasteiger partial charge in [-0.3, -0.25) is 9.59 Å². The molecule has 0 unspecified atom stereocenters. The number of nitrogens with one attached hydrogen (secondary N) is 1. The molecule has 1 aromatic heterocycles. The Morgan fingerprint density at radius 2 is 2.21 bits per heavy atom. The minimum atomic E-state index is -0.352. The fourth-order valence-corrected chi connectivity index (χ4v) is 2.93. The van der Waals surface area contributed by atoms with Crippen LogP contribution in [0.4, 0.5) is 0 Å². The van der Waals surface area contributed by atoms with E-state index in [0.29, 0.717) is 26.1 Å². The number of hydrogen-bond donors (Lipinski definition) is 1. The van der Waals surface area contributed by atoms with Crippen molar-refractivity contribution in [1.82, 2.24) is 9.88 Å². The summed E-state index contributed by atoms with van der Waals surface area (Å²) in [6.07, 6.45) is 2.79. The average molecular weight is 330 g/mol. The molecule has 0 radical (unpaired) electrons. The van der Waals surface area contributed by atoms with Gasteiger partial charge < -0.3 is 19.4 Å². The molecular weight excluding hydrogens is 308 g/mol. The summed E-state index contributed by atoms with van der Waals surface area (Å²) in [6, 6.07) is 7.96. The van der Waals surface area contributed by atoms with Crippen molar-refractivity contribution < 1.29 is 19.1 Å². The Bertz CT molecular complexity index is 725. The number of aromatic nitrogens is 1. The Balaban J connectivity index is 1.45. The van der Waals surface area contributed by atoms with E-state index in [9.17, 15) is 9.59 Å². The molecule has 1 aromatic carbocycles. The Morgan fingerprint density at radius 1 is 1.38 bits per heavy atom. The molecule has 128 valence electrons. The van der Waals surface area contributed by atoms with Crippen LogP contribution in [0.15, 0.2) is 30.5 Å². The molecule has 6 heteroatoms. The molecular formula is C18H22N2O4. The first-order valence-electron chi connectivity index (χ1n) is 8.23. The number of aryl methyl sites for hydroxylation is 1. The van der Waals surface area contributed by atoms with Crippen molar-refractivity contribution in [3.63, 3.8) is 0 Å². The third-order valence-electron chi connectivity index (χ3n) is 4.22. The Morgan fingerprint density at radius 3 is 3.04 bits per heavy atom. The number of carbonyl (C=O) groups excluding carboxylic acids is 2. The van der Waals surface area contributed by atoms with Gasteiger partial charge in [0.05, 0.1) is 12.7 Å². The second kappa shape index (κ2) is 7.49. The summed E-state index contributed by atoms with van der Waals surface area (Å²) in [5, 5.41) is 1.11. The number of fused-ring (bicyclic) bond motifs is 1. The summed E-state index contributed by atoms with van der Waals surface area (Å²) in [7, 11) is 0. The monoisotopic (exact) mass is 330 g/mol. The Kier molecular flexibility index (Phi) is 5.15. The van der Waals surface area contributed by atoms with Crippen molar-refractivity contribution in [3.05, 3.63) is 36.0 Å². The van der Waals surface area contributed by atoms with Crippen molar-refractivity contribution in [2.45, 2.75) is 25.9 Å². The minimum absolute atomic E-state index is 0.0280. The zero-order chi connectivity index (χ0) is 16.9. The standard InChI is InChI=1S/C18H22N2O4/c1-13-11-20(8-9-23-13)17(21)12-24-18(22)7-6-14-10-19-16-5-3-2-4-15(14)16/h2-5,10,13,19H,6-9,11-12H2,1H3/t13-/m0/s1. The number of benzene rings is 1. The van der Waals surface area contributed by atoms with Gasteiger partial charge >= 0.3 is 5.97 Å². The molecule has 24 heavy (non-hydrogen) atoms. The lowest BCUT2D eigenvalue weighted by Crippen LogP contribution is -2.46. The van der Waals surface area contributed by atoms with Gasteiger partial charge in [0.25, 0.3) is 5.91 Å². The molecule has 3 rings (SSSR count). The normalized spacial score (nSPS) is 17.9. The number of esters is 1. The van der Waals surface area contributed by atoms with Crippen LogP contribution in [0.3, 0.4) is 0 Å². The first kappa shape index (κ1) is 16.5. The molecule has 0 spiro atoms. The van der Waals surface area contributed by atoms with E-state index in [1.54, 1.807) is 4.90 Å². The molecule has 0 aliphatic carbocycles. The minimum Gasteiger partial charge on any atom is -0.456 e. The summed E-state index contributed by atoms with van der Waals surface area (Å²) in [5.41, 5.74) is 2.13. The summed E-state index contributed by atoms with van der Waals surface area (Å²) >= 11 is 0. The first-order valence-corrected chi connectivity index (χ1v) is 8.23. The number of aromatic amines is 1. The van der Waals surface area contributed by atoms with E-state index in [-0.39, 0.29) is 31.0 Å². The summed E-state index contributed by atoms with van der Waals surface area (Å²) < 4.78 is 10.5. The molecule has 1 aliphatic heterocycles. The summed E-state index contributed by atoms with van der Waals surface area (Å²) in [5.74, 6) is -0.513. The van der Waals surface area contributed by atoms with Gasteiger partial charge in [0.2, 0.25) is 0 Å². The third kappa shape index (κ3) is 3.94. The van der Waals surface area contributed by atoms with Gasteiger partial charge in [0.1, 0.15) is 0 Å². The van der Waals surface area contributed by atoms with Crippen LogP contribution in [0.5, 0.6) is 0 Å². The zero-order valence-electron chi connectivity index (χ0n) is 13.8. The van der Waals surface area contributed by atoms with Crippen molar-refractivity contribution in [3.8, 4) is 0 Å². The van der Waals surface area contributed by atoms with Crippen molar-refractivity contribution in [1.29, 1.82) is 0 Å². The molecule has 1 fully saturated rings. The number of carbonyl (C=O) groups is 2. The maximum Gasteiger partial charge on any atom is 0.306 e. The number of para-hydroxylation sites is 1. The van der Waals surface area contributed by atoms with E-state index >= 15 is 0 Å². The number of morpholine rings is 1. The van der Waals surface area contributed by atoms with E-state index in [1.807, 2.05) is 37.4 Å². The predicted molar refractivity (Wildman–Crippen MR) is 89.6 cm³/mol. The number of amides is 1. The Labute approximate surface area is 140 Å². The van der Waals surface area contributed by atoms with Crippen LogP contribution in [-0.2, 0) is 25.5 Å². The molecule has 1 amide bonds. The molecule has 2 aromatic rings. The second-order valence-electron chi connectivity index (χ2n) is 6.04. The van der Waals surface area contributed by atoms with Crippen LogP contribution in [0.2, 0.25) is 0 Å². The van der Waals surface area contributed by atoms with Crippen LogP contribution in [-0.4, -0.2) is 54.2 Å². The average Bonchev–Trinajstić information content (AvgIpc) is 3.01. The van der Waals surface area contributed by atoms with Crippen molar-refractivity contribution in [2.75, 3.05) is 26.3 Å². The summed E-state index contributed by atoms with van der Waals surface area (Å²) in [6.45, 7) is 3.36. The first-order chi connectivity index (χ1) is 11.6. The van der Waals surface area contributed by atoms with Crippen LogP contribution in [0.1, 0.15) is 18.9 Å². The van der Waals surface area contributed by atoms with Gasteiger partial charge in [-0.2, -0.15) is 0 Å². The van der Waals surface area contributed by atoms with Crippen molar-refractivity contribution in [2.24, 2.45) is 0 Å². The molecule has 1 atom stereocenters. The number of ether oxygens (including phenoxy) is 2. The van der Waals surface area contributed by atoms with E-state index in [2.05, 4.69) is 4.98 Å². The van der Waals surface area contributed by atoms with E-state index in [1.165, 1.54) is 0 Å². The molecule has 6 nitrogen and oxygen atoms in total. The maximum absolute atomic E-state index is 12.0. The quantitative estimate of drug-likeness (QED) is 0.850. The maximum atomic E-state index is 12.0. The third-order valence-corrected chi connectivity index (χ3v) is 4.22. The smallest absolute Gasteiger partial charge is 0.306 e. The lowest BCUT2D eigenvalue weighted by molar-refractivity contribution is -0.154. The SMILES string of the molecule is C[C@H]1CN(C(=O)COC(=O)CCc2c[nH]c3ccccc23)CCO1. The number of nitrogens with zero attached hydrogens (tertiary/aromatic N) is 1. The van der Waals surface area contributed by atoms with E-state index < -0.39 is 0 Å². The highest BCUT2D eigenvalue weighted by Crippen LogP contribution is 2.19. The van der Waals surface area contributed by atoms with Crippen LogP contribution < -0.4 is 0 Å². The van der Waals surface area contributed by atoms with Crippen molar-refractivity contribution >= 4 is 22.8 Å². The van der Waals surface area contributed by atoms with Gasteiger partial charge in [0, 0.05) is 36.6 Å². The lowest BCUT2D eigenvalue weighted by Gasteiger charge is -2.30. The zero-order valence-corrected chi connectivity index (χ0v) is 13.8. The number of rotatable bonds is 5. The van der Waals surface area contributed by atoms with E-state index in [4.69, 9.17) is 9.47 Å². The highest BCUT2D eigenvalue weighted by molar-refractivity contribution is 5.84. The van der Waals surface area contributed by atoms with Crippen LogP contribution >= 0.6 is 0 Å². The largest absolute Gasteiger partial charge is 0.456 e. The number of hydrogen-bond acceptors (Lipinski definition) is 4.